The Kier molecular flexibility index (Phi) is 20.9. The fourth-order valence-corrected chi connectivity index (χ4v) is 51.5. The second-order valence-corrected chi connectivity index (χ2v) is 50.2. The number of rotatable bonds is 27. The highest BCUT2D eigenvalue weighted by molar-refractivity contribution is 6.94. The lowest BCUT2D eigenvalue weighted by molar-refractivity contribution is 0.255. The maximum atomic E-state index is 7.03. The van der Waals surface area contributed by atoms with Gasteiger partial charge in [0.1, 0.15) is 0 Å². The van der Waals surface area contributed by atoms with E-state index in [1.54, 1.807) is 0 Å². The fraction of sp³-hybridized carbons (Fsp3) is 0.857. The molecule has 0 saturated heterocycles. The van der Waals surface area contributed by atoms with E-state index in [0.717, 1.165) is 37.4 Å². The summed E-state index contributed by atoms with van der Waals surface area (Å²) in [6.07, 6.45) is 2.41. The smallest absolute Gasteiger partial charge is 0.317 e. The van der Waals surface area contributed by atoms with Crippen LogP contribution in [0.5, 0.6) is 0 Å². The molecule has 0 aromatic heterocycles. The zero-order valence-corrected chi connectivity index (χ0v) is 44.1. The summed E-state index contributed by atoms with van der Waals surface area (Å²) >= 11 is 18.4. The van der Waals surface area contributed by atoms with Gasteiger partial charge in [-0.25, -0.2) is 0 Å². The molecule has 0 rings (SSSR count). The number of alkyl halides is 3. The summed E-state index contributed by atoms with van der Waals surface area (Å²) < 4.78 is 55.1. The Balaban J connectivity index is 6.14. The van der Waals surface area contributed by atoms with Gasteiger partial charge in [0.2, 0.25) is 0 Å². The van der Waals surface area contributed by atoms with E-state index in [2.05, 4.69) is 111 Å². The lowest BCUT2D eigenvalue weighted by Crippen LogP contribution is -2.63. The number of hydrogen-bond donors (Lipinski definition) is 0. The van der Waals surface area contributed by atoms with Crippen molar-refractivity contribution in [2.24, 2.45) is 0 Å². The summed E-state index contributed by atoms with van der Waals surface area (Å²) in [6.45, 7) is 39.6. The Labute approximate surface area is 319 Å². The molecule has 2 atom stereocenters. The Hall–Kier alpha value is 1.98. The van der Waals surface area contributed by atoms with Crippen molar-refractivity contribution in [1.29, 1.82) is 0 Å². The van der Waals surface area contributed by atoms with Gasteiger partial charge in [0.05, 0.1) is 0 Å². The van der Waals surface area contributed by atoms with Gasteiger partial charge in [-0.05, 0) is 136 Å². The zero-order chi connectivity index (χ0) is 37.9. The van der Waals surface area contributed by atoms with Crippen LogP contribution < -0.4 is 0 Å². The number of hydrogen-bond acceptors (Lipinski definition) is 8. The van der Waals surface area contributed by atoms with Crippen LogP contribution in [-0.2, 0) is 32.9 Å². The third-order valence-corrected chi connectivity index (χ3v) is 43.9. The summed E-state index contributed by atoms with van der Waals surface area (Å²) in [4.78, 5) is 0. The average Bonchev–Trinajstić information content (AvgIpc) is 2.85. The van der Waals surface area contributed by atoms with Crippen molar-refractivity contribution >= 4 is 111 Å². The Morgan fingerprint density at radius 2 is 0.583 bits per heavy atom. The van der Waals surface area contributed by atoms with E-state index in [0.29, 0.717) is 17.6 Å². The molecular formula is C28H69Cl3O8Si9. The molecule has 0 aromatic rings. The second kappa shape index (κ2) is 20.1. The van der Waals surface area contributed by atoms with Crippen LogP contribution in [0.2, 0.25) is 116 Å². The molecule has 0 aromatic carbocycles. The predicted molar refractivity (Wildman–Crippen MR) is 229 cm³/mol. The van der Waals surface area contributed by atoms with Crippen molar-refractivity contribution in [3.8, 4) is 0 Å². The molecular weight excluding hydrogens is 823 g/mol. The van der Waals surface area contributed by atoms with Crippen molar-refractivity contribution in [3.63, 3.8) is 0 Å². The minimum atomic E-state index is -2.85. The maximum Gasteiger partial charge on any atom is 0.317 e. The first-order chi connectivity index (χ1) is 21.5. The van der Waals surface area contributed by atoms with Gasteiger partial charge in [-0.1, -0.05) is 11.4 Å². The average molecular weight is 893 g/mol. The SMILES string of the molecule is C=C[Si](C)(C)O[Si](C)(CCCCl)O[Si](C)(C)O[Si](C)(C)O[Si](C)(CCCCl)O[Si](C)(C)O[Si](C)(C)O[Si](C)(CCCCl)O[Si](C)(C)C=C. The monoisotopic (exact) mass is 890 g/mol. The molecule has 0 fully saturated rings. The Morgan fingerprint density at radius 3 is 0.771 bits per heavy atom. The van der Waals surface area contributed by atoms with E-state index in [4.69, 9.17) is 67.7 Å². The van der Waals surface area contributed by atoms with E-state index < -0.39 is 76.6 Å². The molecule has 0 radical (unpaired) electrons. The van der Waals surface area contributed by atoms with E-state index in [1.807, 2.05) is 11.4 Å². The molecule has 0 spiro atoms. The van der Waals surface area contributed by atoms with E-state index in [1.165, 1.54) is 0 Å². The summed E-state index contributed by atoms with van der Waals surface area (Å²) in [6, 6.07) is 2.30. The van der Waals surface area contributed by atoms with Crippen molar-refractivity contribution in [2.45, 2.75) is 136 Å². The van der Waals surface area contributed by atoms with Gasteiger partial charge in [0.25, 0.3) is 0 Å². The lowest BCUT2D eigenvalue weighted by atomic mass is 10.6. The van der Waals surface area contributed by atoms with E-state index in [-0.39, 0.29) is 0 Å². The molecule has 20 heteroatoms. The summed E-state index contributed by atoms with van der Waals surface area (Å²) in [5, 5.41) is 0. The molecule has 0 saturated carbocycles. The minimum Gasteiger partial charge on any atom is -0.433 e. The molecule has 8 nitrogen and oxygen atoms in total. The molecule has 0 N–H and O–H groups in total. The topological polar surface area (TPSA) is 73.8 Å². The van der Waals surface area contributed by atoms with Crippen LogP contribution in [0.1, 0.15) is 19.3 Å². The third kappa shape index (κ3) is 21.0. The van der Waals surface area contributed by atoms with Crippen LogP contribution in [0.3, 0.4) is 0 Å². The highest BCUT2D eigenvalue weighted by Gasteiger charge is 2.52. The van der Waals surface area contributed by atoms with Gasteiger partial charge < -0.3 is 32.9 Å². The predicted octanol–water partition coefficient (Wildman–Crippen LogP) is 10.9. The van der Waals surface area contributed by atoms with Crippen LogP contribution in [0.4, 0.5) is 0 Å². The largest absolute Gasteiger partial charge is 0.433 e. The molecule has 0 aliphatic carbocycles. The number of halogens is 3. The van der Waals surface area contributed by atoms with Crippen LogP contribution in [-0.4, -0.2) is 94.2 Å². The van der Waals surface area contributed by atoms with Crippen molar-refractivity contribution in [1.82, 2.24) is 0 Å². The van der Waals surface area contributed by atoms with Crippen molar-refractivity contribution in [2.75, 3.05) is 17.6 Å². The third-order valence-electron chi connectivity index (χ3n) is 7.06. The molecule has 0 aliphatic rings. The Morgan fingerprint density at radius 1 is 0.375 bits per heavy atom. The van der Waals surface area contributed by atoms with Crippen LogP contribution in [0.25, 0.3) is 0 Å². The molecule has 286 valence electrons. The summed E-state index contributed by atoms with van der Waals surface area (Å²) in [5.41, 5.74) is 3.90. The van der Waals surface area contributed by atoms with Gasteiger partial charge in [-0.3, -0.25) is 0 Å². The lowest BCUT2D eigenvalue weighted by Gasteiger charge is -2.46. The van der Waals surface area contributed by atoms with Gasteiger partial charge in [-0.2, -0.15) is 0 Å². The van der Waals surface area contributed by atoms with Crippen LogP contribution >= 0.6 is 34.8 Å². The van der Waals surface area contributed by atoms with Crippen molar-refractivity contribution < 1.29 is 32.9 Å². The van der Waals surface area contributed by atoms with Crippen molar-refractivity contribution in [3.05, 3.63) is 24.6 Å². The molecule has 0 amide bonds. The molecule has 48 heavy (non-hydrogen) atoms. The molecule has 0 aliphatic heterocycles. The normalized spacial score (nSPS) is 17.8. The fourth-order valence-electron chi connectivity index (χ4n) is 6.08. The highest BCUT2D eigenvalue weighted by Crippen LogP contribution is 2.34. The van der Waals surface area contributed by atoms with Gasteiger partial charge in [0, 0.05) is 17.6 Å². The first-order valence-corrected chi connectivity index (χ1v) is 43.4. The molecule has 0 bridgehead atoms. The van der Waals surface area contributed by atoms with Gasteiger partial charge in [-0.15, -0.1) is 48.0 Å². The van der Waals surface area contributed by atoms with E-state index in [9.17, 15) is 0 Å². The summed E-state index contributed by atoms with van der Waals surface area (Å²) in [5.74, 6) is 1.63. The minimum absolute atomic E-state index is 0.517. The highest BCUT2D eigenvalue weighted by atomic mass is 35.5. The summed E-state index contributed by atoms with van der Waals surface area (Å²) in [7, 11) is -23.3. The van der Waals surface area contributed by atoms with Gasteiger partial charge >= 0.3 is 59.9 Å². The van der Waals surface area contributed by atoms with Crippen LogP contribution in [0, 0.1) is 0 Å². The first kappa shape index (κ1) is 50.0. The standard InChI is InChI=1S/C28H69Cl3O8Si9/c1-18-40(3,4)32-46(15,26-20-23-29)36-42(7,8)34-44(11,12)38-48(17,28-22-25-31)39-45(13,14)35-43(9,10)37-47(16,27-21-24-30)33-41(5,6)19-2/h18-19H,1-2,20-28H2,3-17H3. The molecule has 0 heterocycles. The Bertz CT molecular complexity index is 941. The van der Waals surface area contributed by atoms with E-state index >= 15 is 0 Å². The zero-order valence-electron chi connectivity index (χ0n) is 32.8. The second-order valence-electron chi connectivity index (χ2n) is 15.8. The first-order valence-electron chi connectivity index (χ1n) is 17.0. The van der Waals surface area contributed by atoms with Gasteiger partial charge in [0.15, 0.2) is 16.6 Å². The molecule has 2 unspecified atom stereocenters. The van der Waals surface area contributed by atoms with Crippen LogP contribution in [0.15, 0.2) is 24.6 Å². The maximum absolute atomic E-state index is 7.03. The quantitative estimate of drug-likeness (QED) is 0.0596.